The van der Waals surface area contributed by atoms with Crippen molar-refractivity contribution < 1.29 is 18.3 Å². The summed E-state index contributed by atoms with van der Waals surface area (Å²) in [6.45, 7) is 1.89. The molecule has 1 aromatic carbocycles. The second-order valence-corrected chi connectivity index (χ2v) is 6.03. The molecule has 0 saturated heterocycles. The fraction of sp³-hybridized carbons (Fsp3) is 0.333. The van der Waals surface area contributed by atoms with E-state index in [2.05, 4.69) is 5.32 Å². The second kappa shape index (κ2) is 6.17. The normalized spacial score (nSPS) is 14.9. The predicted molar refractivity (Wildman–Crippen MR) is 77.0 cm³/mol. The van der Waals surface area contributed by atoms with Crippen molar-refractivity contribution in [1.29, 1.82) is 0 Å². The maximum atomic E-state index is 12.8. The highest BCUT2D eigenvalue weighted by Crippen LogP contribution is 2.32. The molecular formula is C15H16F3NOS. The number of halogens is 3. The van der Waals surface area contributed by atoms with Crippen LogP contribution in [0, 0.1) is 0 Å². The first kappa shape index (κ1) is 16.0. The van der Waals surface area contributed by atoms with E-state index >= 15 is 0 Å². The van der Waals surface area contributed by atoms with Crippen molar-refractivity contribution >= 4 is 11.3 Å². The minimum absolute atomic E-state index is 0.292. The smallest absolute Gasteiger partial charge is 0.394 e. The first-order valence-corrected chi connectivity index (χ1v) is 7.29. The first-order chi connectivity index (χ1) is 9.85. The van der Waals surface area contributed by atoms with Crippen LogP contribution >= 0.6 is 11.3 Å². The third kappa shape index (κ3) is 3.84. The molecule has 1 unspecified atom stereocenters. The van der Waals surface area contributed by atoms with Gasteiger partial charge in [0.25, 0.3) is 0 Å². The van der Waals surface area contributed by atoms with Crippen LogP contribution in [-0.4, -0.2) is 11.7 Å². The largest absolute Gasteiger partial charge is 0.416 e. The lowest BCUT2D eigenvalue weighted by Gasteiger charge is -2.30. The van der Waals surface area contributed by atoms with E-state index in [1.54, 1.807) is 24.3 Å². The molecule has 0 fully saturated rings. The summed E-state index contributed by atoms with van der Waals surface area (Å²) >= 11 is 1.55. The van der Waals surface area contributed by atoms with Gasteiger partial charge in [0.2, 0.25) is 0 Å². The average molecular weight is 315 g/mol. The predicted octanol–water partition coefficient (Wildman–Crippen LogP) is 3.76. The van der Waals surface area contributed by atoms with Crippen LogP contribution in [0.2, 0.25) is 0 Å². The Kier molecular flexibility index (Phi) is 4.70. The number of aliphatic hydroxyl groups is 1. The molecule has 0 radical (unpaired) electrons. The van der Waals surface area contributed by atoms with Gasteiger partial charge in [-0.3, -0.25) is 0 Å². The number of benzene rings is 1. The van der Waals surface area contributed by atoms with Crippen molar-refractivity contribution in [2.75, 3.05) is 6.61 Å². The molecule has 21 heavy (non-hydrogen) atoms. The number of alkyl halides is 3. The van der Waals surface area contributed by atoms with E-state index in [0.717, 1.165) is 17.0 Å². The molecule has 6 heteroatoms. The lowest BCUT2D eigenvalue weighted by Crippen LogP contribution is -2.42. The minimum Gasteiger partial charge on any atom is -0.394 e. The Morgan fingerprint density at radius 3 is 2.43 bits per heavy atom. The van der Waals surface area contributed by atoms with Gasteiger partial charge in [0.15, 0.2) is 0 Å². The lowest BCUT2D eigenvalue weighted by atomic mass is 9.91. The van der Waals surface area contributed by atoms with Gasteiger partial charge in [-0.05, 0) is 36.1 Å². The molecule has 2 rings (SSSR count). The van der Waals surface area contributed by atoms with Gasteiger partial charge in [0.1, 0.15) is 0 Å². The van der Waals surface area contributed by atoms with Gasteiger partial charge in [0, 0.05) is 11.4 Å². The van der Waals surface area contributed by atoms with E-state index in [-0.39, 0.29) is 6.61 Å². The van der Waals surface area contributed by atoms with Gasteiger partial charge in [-0.2, -0.15) is 13.2 Å². The van der Waals surface area contributed by atoms with Crippen molar-refractivity contribution in [3.63, 3.8) is 0 Å². The maximum absolute atomic E-state index is 12.8. The van der Waals surface area contributed by atoms with Crippen LogP contribution in [0.15, 0.2) is 41.8 Å². The highest BCUT2D eigenvalue weighted by Gasteiger charge is 2.33. The summed E-state index contributed by atoms with van der Waals surface area (Å²) < 4.78 is 38.4. The Balaban J connectivity index is 2.23. The fourth-order valence-corrected chi connectivity index (χ4v) is 2.63. The van der Waals surface area contributed by atoms with Crippen LogP contribution in [0.5, 0.6) is 0 Å². The van der Waals surface area contributed by atoms with E-state index in [9.17, 15) is 18.3 Å². The van der Waals surface area contributed by atoms with Crippen molar-refractivity contribution in [3.8, 4) is 0 Å². The van der Waals surface area contributed by atoms with Gasteiger partial charge in [0.05, 0.1) is 17.7 Å². The molecule has 0 amide bonds. The summed E-state index contributed by atoms with van der Waals surface area (Å²) in [7, 11) is 0. The first-order valence-electron chi connectivity index (χ1n) is 6.41. The quantitative estimate of drug-likeness (QED) is 0.880. The van der Waals surface area contributed by atoms with Crippen LogP contribution in [0.4, 0.5) is 13.2 Å². The van der Waals surface area contributed by atoms with Crippen LogP contribution < -0.4 is 5.32 Å². The second-order valence-electron chi connectivity index (χ2n) is 5.00. The molecule has 2 nitrogen and oxygen atoms in total. The summed E-state index contributed by atoms with van der Waals surface area (Å²) in [5.74, 6) is 0. The highest BCUT2D eigenvalue weighted by atomic mass is 32.1. The molecule has 114 valence electrons. The Morgan fingerprint density at radius 1 is 1.14 bits per heavy atom. The van der Waals surface area contributed by atoms with Gasteiger partial charge >= 0.3 is 6.18 Å². The SMILES string of the molecule is CC(CO)(NCc1cccs1)c1cccc(C(F)(F)F)c1. The zero-order chi connectivity index (χ0) is 15.5. The van der Waals surface area contributed by atoms with Crippen LogP contribution in [0.3, 0.4) is 0 Å². The van der Waals surface area contributed by atoms with Crippen molar-refractivity contribution in [3.05, 3.63) is 57.8 Å². The van der Waals surface area contributed by atoms with E-state index < -0.39 is 17.3 Å². The Hall–Kier alpha value is -1.37. The van der Waals surface area contributed by atoms with Crippen molar-refractivity contribution in [2.45, 2.75) is 25.2 Å². The van der Waals surface area contributed by atoms with Crippen LogP contribution in [-0.2, 0) is 18.3 Å². The molecule has 0 bridgehead atoms. The van der Waals surface area contributed by atoms with Gasteiger partial charge in [-0.15, -0.1) is 11.3 Å². The number of thiophene rings is 1. The maximum Gasteiger partial charge on any atom is 0.416 e. The Morgan fingerprint density at radius 2 is 1.86 bits per heavy atom. The fourth-order valence-electron chi connectivity index (χ4n) is 1.98. The van der Waals surface area contributed by atoms with Gasteiger partial charge in [-0.1, -0.05) is 18.2 Å². The summed E-state index contributed by atoms with van der Waals surface area (Å²) in [4.78, 5) is 1.06. The van der Waals surface area contributed by atoms with E-state index in [1.165, 1.54) is 6.07 Å². The molecule has 2 N–H and O–H groups in total. The molecule has 2 aromatic rings. The third-order valence-electron chi connectivity index (χ3n) is 3.38. The highest BCUT2D eigenvalue weighted by molar-refractivity contribution is 7.09. The molecule has 0 spiro atoms. The molecule has 0 aliphatic heterocycles. The molecular weight excluding hydrogens is 299 g/mol. The Labute approximate surface area is 125 Å². The number of hydrogen-bond donors (Lipinski definition) is 2. The number of hydrogen-bond acceptors (Lipinski definition) is 3. The van der Waals surface area contributed by atoms with E-state index in [4.69, 9.17) is 0 Å². The Bertz CT molecular complexity index is 583. The van der Waals surface area contributed by atoms with Gasteiger partial charge in [-0.25, -0.2) is 0 Å². The standard InChI is InChI=1S/C15H16F3NOS/c1-14(10-20,19-9-13-6-3-7-21-13)11-4-2-5-12(8-11)15(16,17)18/h2-8,19-20H,9-10H2,1H3. The molecule has 0 aliphatic carbocycles. The summed E-state index contributed by atoms with van der Waals surface area (Å²) in [5.41, 5.74) is -1.22. The number of aliphatic hydroxyl groups excluding tert-OH is 1. The van der Waals surface area contributed by atoms with Crippen LogP contribution in [0.25, 0.3) is 0 Å². The lowest BCUT2D eigenvalue weighted by molar-refractivity contribution is -0.137. The molecule has 0 saturated carbocycles. The van der Waals surface area contributed by atoms with E-state index in [1.807, 2.05) is 17.5 Å². The topological polar surface area (TPSA) is 32.3 Å². The third-order valence-corrected chi connectivity index (χ3v) is 4.25. The van der Waals surface area contributed by atoms with Crippen molar-refractivity contribution in [1.82, 2.24) is 5.32 Å². The summed E-state index contributed by atoms with van der Waals surface area (Å²) in [5, 5.41) is 14.7. The summed E-state index contributed by atoms with van der Waals surface area (Å²) in [6.07, 6.45) is -4.39. The summed E-state index contributed by atoms with van der Waals surface area (Å²) in [6, 6.07) is 8.90. The van der Waals surface area contributed by atoms with Crippen LogP contribution in [0.1, 0.15) is 22.9 Å². The van der Waals surface area contributed by atoms with Crippen molar-refractivity contribution in [2.24, 2.45) is 0 Å². The molecule has 1 heterocycles. The molecule has 1 atom stereocenters. The molecule has 1 aromatic heterocycles. The zero-order valence-electron chi connectivity index (χ0n) is 11.4. The van der Waals surface area contributed by atoms with Gasteiger partial charge < -0.3 is 10.4 Å². The molecule has 0 aliphatic rings. The average Bonchev–Trinajstić information content (AvgIpc) is 2.97. The minimum atomic E-state index is -4.39. The van der Waals surface area contributed by atoms with E-state index in [0.29, 0.717) is 12.1 Å². The monoisotopic (exact) mass is 315 g/mol. The number of rotatable bonds is 5. The number of nitrogens with one attached hydrogen (secondary N) is 1. The zero-order valence-corrected chi connectivity index (χ0v) is 12.3.